The minimum absolute atomic E-state index is 0.0760. The first-order valence-electron chi connectivity index (χ1n) is 13.5. The quantitative estimate of drug-likeness (QED) is 0.223. The van der Waals surface area contributed by atoms with E-state index in [1.54, 1.807) is 84.9 Å². The Bertz CT molecular complexity index is 2060. The summed E-state index contributed by atoms with van der Waals surface area (Å²) in [7, 11) is 4.81. The molecule has 1 amide bonds. The van der Waals surface area contributed by atoms with Crippen molar-refractivity contribution in [3.63, 3.8) is 0 Å². The molecular formula is C33H26FN5O5. The van der Waals surface area contributed by atoms with Crippen molar-refractivity contribution in [1.82, 2.24) is 19.7 Å². The lowest BCUT2D eigenvalue weighted by Crippen LogP contribution is -2.31. The number of hydrogen-bond donors (Lipinski definition) is 1. The fourth-order valence-corrected chi connectivity index (χ4v) is 4.83. The molecule has 1 N–H and O–H groups in total. The van der Waals surface area contributed by atoms with Gasteiger partial charge >= 0.3 is 0 Å². The van der Waals surface area contributed by atoms with Crippen LogP contribution in [0.25, 0.3) is 22.0 Å². The molecule has 3 heterocycles. The number of benzene rings is 3. The Labute approximate surface area is 250 Å². The lowest BCUT2D eigenvalue weighted by atomic mass is 10.1. The molecule has 220 valence electrons. The molecule has 3 aromatic carbocycles. The molecule has 6 aromatic rings. The Morgan fingerprint density at radius 3 is 2.36 bits per heavy atom. The van der Waals surface area contributed by atoms with Crippen LogP contribution in [0.5, 0.6) is 23.0 Å². The van der Waals surface area contributed by atoms with Gasteiger partial charge in [-0.15, -0.1) is 0 Å². The number of aryl methyl sites for hydroxylation is 1. The number of pyridine rings is 2. The van der Waals surface area contributed by atoms with E-state index in [1.165, 1.54) is 43.5 Å². The number of fused-ring (bicyclic) bond motifs is 1. The fourth-order valence-electron chi connectivity index (χ4n) is 4.83. The first-order chi connectivity index (χ1) is 21.4. The van der Waals surface area contributed by atoms with Gasteiger partial charge in [-0.25, -0.2) is 4.39 Å². The summed E-state index contributed by atoms with van der Waals surface area (Å²) in [6, 6.07) is 19.4. The Kier molecular flexibility index (Phi) is 7.51. The van der Waals surface area contributed by atoms with Gasteiger partial charge in [0.05, 0.1) is 31.6 Å². The predicted octanol–water partition coefficient (Wildman–Crippen LogP) is 6.25. The SMILES string of the molecule is COc1cc2nccc(Oc3ccc(N(C(=O)c4cc(-c5cnn(C)c5)c[nH]c4=O)c4ccccc4)cc3F)c2cc1OC. The van der Waals surface area contributed by atoms with Crippen LogP contribution < -0.4 is 24.7 Å². The standard InChI is InChI=1S/C33H26FN5O5/c1-38-19-21(18-37-38)20-13-25(32(40)36-17-20)33(41)39(22-7-5-4-6-8-22)23-9-10-29(26(34)14-23)44-28-11-12-35-27-16-31(43-3)30(42-2)15-24(27)28/h4-19H,1-3H3,(H,36,40). The summed E-state index contributed by atoms with van der Waals surface area (Å²) in [6.45, 7) is 0. The first-order valence-corrected chi connectivity index (χ1v) is 13.5. The zero-order valence-electron chi connectivity index (χ0n) is 23.9. The molecule has 0 aliphatic rings. The monoisotopic (exact) mass is 591 g/mol. The van der Waals surface area contributed by atoms with E-state index >= 15 is 4.39 Å². The number of carbonyl (C=O) groups excluding carboxylic acids is 1. The Balaban J connectivity index is 1.38. The number of ether oxygens (including phenoxy) is 3. The van der Waals surface area contributed by atoms with Gasteiger partial charge < -0.3 is 19.2 Å². The molecule has 0 saturated heterocycles. The van der Waals surface area contributed by atoms with E-state index in [1.807, 2.05) is 0 Å². The number of aromatic amines is 1. The lowest BCUT2D eigenvalue weighted by molar-refractivity contribution is 0.0998. The minimum atomic E-state index is -0.723. The van der Waals surface area contributed by atoms with Gasteiger partial charge in [-0.05, 0) is 42.5 Å². The van der Waals surface area contributed by atoms with Gasteiger partial charge in [0.2, 0.25) is 0 Å². The summed E-state index contributed by atoms with van der Waals surface area (Å²) in [5.41, 5.74) is 1.82. The van der Waals surface area contributed by atoms with Crippen LogP contribution in [0.15, 0.2) is 102 Å². The molecule has 10 nitrogen and oxygen atoms in total. The van der Waals surface area contributed by atoms with Gasteiger partial charge in [-0.2, -0.15) is 5.10 Å². The molecule has 0 aliphatic carbocycles. The number of halogens is 1. The second-order valence-electron chi connectivity index (χ2n) is 9.76. The molecule has 0 saturated carbocycles. The van der Waals surface area contributed by atoms with Crippen LogP contribution in [0.1, 0.15) is 10.4 Å². The molecule has 44 heavy (non-hydrogen) atoms. The molecule has 0 radical (unpaired) electrons. The average molecular weight is 592 g/mol. The molecule has 0 unspecified atom stereocenters. The van der Waals surface area contributed by atoms with E-state index in [-0.39, 0.29) is 17.0 Å². The van der Waals surface area contributed by atoms with Crippen molar-refractivity contribution in [1.29, 1.82) is 0 Å². The third kappa shape index (κ3) is 5.34. The number of nitrogens with one attached hydrogen (secondary N) is 1. The number of amides is 1. The van der Waals surface area contributed by atoms with Crippen LogP contribution in [-0.2, 0) is 7.05 Å². The molecule has 0 aliphatic heterocycles. The number of H-pyrrole nitrogens is 1. The molecular weight excluding hydrogens is 565 g/mol. The zero-order chi connectivity index (χ0) is 30.8. The highest BCUT2D eigenvalue weighted by Crippen LogP contribution is 2.38. The summed E-state index contributed by atoms with van der Waals surface area (Å²) < 4.78 is 34.1. The van der Waals surface area contributed by atoms with Gasteiger partial charge in [0.25, 0.3) is 11.5 Å². The van der Waals surface area contributed by atoms with Gasteiger partial charge in [-0.1, -0.05) is 18.2 Å². The van der Waals surface area contributed by atoms with Gasteiger partial charge in [0.1, 0.15) is 11.3 Å². The first kappa shape index (κ1) is 28.2. The summed E-state index contributed by atoms with van der Waals surface area (Å²) in [6.07, 6.45) is 6.46. The highest BCUT2D eigenvalue weighted by atomic mass is 19.1. The summed E-state index contributed by atoms with van der Waals surface area (Å²) in [5, 5.41) is 4.75. The van der Waals surface area contributed by atoms with Gasteiger partial charge in [-0.3, -0.25) is 24.2 Å². The van der Waals surface area contributed by atoms with Crippen molar-refractivity contribution in [2.75, 3.05) is 19.1 Å². The average Bonchev–Trinajstić information content (AvgIpc) is 3.48. The van der Waals surface area contributed by atoms with E-state index in [0.717, 1.165) is 5.56 Å². The maximum absolute atomic E-state index is 15.7. The minimum Gasteiger partial charge on any atom is -0.493 e. The number of para-hydroxylation sites is 1. The van der Waals surface area contributed by atoms with E-state index < -0.39 is 17.3 Å². The Morgan fingerprint density at radius 2 is 1.66 bits per heavy atom. The van der Waals surface area contributed by atoms with Crippen molar-refractivity contribution in [2.45, 2.75) is 0 Å². The van der Waals surface area contributed by atoms with Crippen molar-refractivity contribution in [2.24, 2.45) is 7.05 Å². The third-order valence-corrected chi connectivity index (χ3v) is 6.99. The topological polar surface area (TPSA) is 112 Å². The third-order valence-electron chi connectivity index (χ3n) is 6.99. The van der Waals surface area contributed by atoms with Crippen molar-refractivity contribution in [3.8, 4) is 34.1 Å². The Hall–Kier alpha value is -5.97. The van der Waals surface area contributed by atoms with Crippen LogP contribution in [-0.4, -0.2) is 39.9 Å². The molecule has 0 bridgehead atoms. The van der Waals surface area contributed by atoms with Crippen molar-refractivity contribution < 1.29 is 23.4 Å². The van der Waals surface area contributed by atoms with Crippen LogP contribution in [0.2, 0.25) is 0 Å². The number of aromatic nitrogens is 4. The van der Waals surface area contributed by atoms with Gasteiger partial charge in [0, 0.05) is 60.0 Å². The van der Waals surface area contributed by atoms with Crippen LogP contribution in [0.3, 0.4) is 0 Å². The maximum Gasteiger partial charge on any atom is 0.268 e. The second-order valence-corrected chi connectivity index (χ2v) is 9.76. The second kappa shape index (κ2) is 11.7. The van der Waals surface area contributed by atoms with E-state index in [4.69, 9.17) is 14.2 Å². The largest absolute Gasteiger partial charge is 0.493 e. The normalized spacial score (nSPS) is 10.9. The molecule has 11 heteroatoms. The molecule has 0 atom stereocenters. The summed E-state index contributed by atoms with van der Waals surface area (Å²) >= 11 is 0. The smallest absolute Gasteiger partial charge is 0.268 e. The van der Waals surface area contributed by atoms with Gasteiger partial charge in [0.15, 0.2) is 23.1 Å². The number of anilines is 2. The number of carbonyl (C=O) groups is 1. The van der Waals surface area contributed by atoms with Crippen LogP contribution in [0.4, 0.5) is 15.8 Å². The number of methoxy groups -OCH3 is 2. The van der Waals surface area contributed by atoms with E-state index in [9.17, 15) is 9.59 Å². The molecule has 6 rings (SSSR count). The fraction of sp³-hybridized carbons (Fsp3) is 0.0909. The molecule has 0 spiro atoms. The predicted molar refractivity (Wildman–Crippen MR) is 163 cm³/mol. The summed E-state index contributed by atoms with van der Waals surface area (Å²) in [4.78, 5) is 35.2. The highest BCUT2D eigenvalue weighted by Gasteiger charge is 2.24. The van der Waals surface area contributed by atoms with E-state index in [0.29, 0.717) is 39.4 Å². The Morgan fingerprint density at radius 1 is 0.886 bits per heavy atom. The summed E-state index contributed by atoms with van der Waals surface area (Å²) in [5.74, 6) is -0.133. The van der Waals surface area contributed by atoms with E-state index in [2.05, 4.69) is 15.1 Å². The number of nitrogens with zero attached hydrogens (tertiary/aromatic N) is 4. The molecule has 0 fully saturated rings. The van der Waals surface area contributed by atoms with Crippen LogP contribution in [0, 0.1) is 5.82 Å². The number of hydrogen-bond acceptors (Lipinski definition) is 7. The number of rotatable bonds is 8. The molecule has 3 aromatic heterocycles. The maximum atomic E-state index is 15.7. The highest BCUT2D eigenvalue weighted by molar-refractivity contribution is 6.11. The van der Waals surface area contributed by atoms with Crippen molar-refractivity contribution in [3.05, 3.63) is 119 Å². The zero-order valence-corrected chi connectivity index (χ0v) is 23.9. The van der Waals surface area contributed by atoms with Crippen LogP contribution >= 0.6 is 0 Å². The lowest BCUT2D eigenvalue weighted by Gasteiger charge is -2.23. The van der Waals surface area contributed by atoms with Crippen molar-refractivity contribution >= 4 is 28.2 Å².